The molecule has 5 nitrogen and oxygen atoms in total. The van der Waals surface area contributed by atoms with Crippen molar-refractivity contribution in [2.24, 2.45) is 0 Å². The third kappa shape index (κ3) is 5.70. The fourth-order valence-electron chi connectivity index (χ4n) is 3.00. The van der Waals surface area contributed by atoms with Crippen LogP contribution in [-0.4, -0.2) is 43.2 Å². The summed E-state index contributed by atoms with van der Waals surface area (Å²) in [6.07, 6.45) is -0.0328. The van der Waals surface area contributed by atoms with E-state index in [1.807, 2.05) is 32.0 Å². The number of benzene rings is 2. The molecule has 0 unspecified atom stereocenters. The van der Waals surface area contributed by atoms with Crippen molar-refractivity contribution in [3.8, 4) is 5.75 Å². The molecular weight excluding hydrogens is 364 g/mol. The summed E-state index contributed by atoms with van der Waals surface area (Å²) in [7, 11) is 0. The Labute approximate surface area is 165 Å². The first-order valence-corrected chi connectivity index (χ1v) is 9.55. The Morgan fingerprint density at radius 3 is 2.74 bits per heavy atom. The van der Waals surface area contributed by atoms with E-state index in [-0.39, 0.29) is 12.0 Å². The highest BCUT2D eigenvalue weighted by Crippen LogP contribution is 2.25. The first kappa shape index (κ1) is 19.7. The second-order valence-corrected chi connectivity index (χ2v) is 7.29. The third-order valence-electron chi connectivity index (χ3n) is 4.24. The van der Waals surface area contributed by atoms with Gasteiger partial charge in [-0.2, -0.15) is 0 Å². The van der Waals surface area contributed by atoms with Gasteiger partial charge < -0.3 is 14.8 Å². The van der Waals surface area contributed by atoms with Crippen LogP contribution in [0.4, 0.5) is 5.69 Å². The van der Waals surface area contributed by atoms with Gasteiger partial charge in [0.2, 0.25) is 0 Å². The number of halogens is 1. The van der Waals surface area contributed by atoms with Gasteiger partial charge in [-0.15, -0.1) is 0 Å². The lowest BCUT2D eigenvalue weighted by Gasteiger charge is -2.26. The number of nitrogens with one attached hydrogen (secondary N) is 1. The van der Waals surface area contributed by atoms with Crippen molar-refractivity contribution in [3.05, 3.63) is 58.6 Å². The lowest BCUT2D eigenvalue weighted by Crippen LogP contribution is -2.35. The summed E-state index contributed by atoms with van der Waals surface area (Å²) < 4.78 is 11.1. The smallest absolute Gasteiger partial charge is 0.259 e. The standard InChI is InChI=1S/C21H25ClN2O3/c1-15(2)27-20-7-6-17(22)13-19(20)21(25)23-18-5-3-4-16(12-18)14-24-8-10-26-11-9-24/h3-7,12-13,15H,8-11,14H2,1-2H3,(H,23,25). The Morgan fingerprint density at radius 2 is 2.00 bits per heavy atom. The fraction of sp³-hybridized carbons (Fsp3) is 0.381. The van der Waals surface area contributed by atoms with Gasteiger partial charge in [-0.3, -0.25) is 9.69 Å². The van der Waals surface area contributed by atoms with Gasteiger partial charge in [0.25, 0.3) is 5.91 Å². The van der Waals surface area contributed by atoms with Crippen molar-refractivity contribution in [2.75, 3.05) is 31.6 Å². The normalized spacial score (nSPS) is 15.0. The van der Waals surface area contributed by atoms with Gasteiger partial charge in [-0.05, 0) is 49.7 Å². The fourth-order valence-corrected chi connectivity index (χ4v) is 3.17. The number of amides is 1. The largest absolute Gasteiger partial charge is 0.490 e. The molecule has 1 saturated heterocycles. The maximum atomic E-state index is 12.8. The summed E-state index contributed by atoms with van der Waals surface area (Å²) in [6.45, 7) is 8.07. The van der Waals surface area contributed by atoms with Gasteiger partial charge in [0.05, 0.1) is 24.9 Å². The first-order chi connectivity index (χ1) is 13.0. The Morgan fingerprint density at radius 1 is 1.22 bits per heavy atom. The molecule has 0 aliphatic carbocycles. The van der Waals surface area contributed by atoms with Crippen LogP contribution >= 0.6 is 11.6 Å². The van der Waals surface area contributed by atoms with Crippen LogP contribution in [0.3, 0.4) is 0 Å². The topological polar surface area (TPSA) is 50.8 Å². The van der Waals surface area contributed by atoms with Crippen LogP contribution in [0.15, 0.2) is 42.5 Å². The van der Waals surface area contributed by atoms with Crippen LogP contribution in [0.25, 0.3) is 0 Å². The Kier molecular flexibility index (Phi) is 6.72. The number of hydrogen-bond acceptors (Lipinski definition) is 4. The second kappa shape index (κ2) is 9.22. The molecule has 0 aromatic heterocycles. The molecule has 144 valence electrons. The lowest BCUT2D eigenvalue weighted by atomic mass is 10.1. The minimum Gasteiger partial charge on any atom is -0.490 e. The number of rotatable bonds is 6. The van der Waals surface area contributed by atoms with Crippen LogP contribution < -0.4 is 10.1 Å². The van der Waals surface area contributed by atoms with Crippen molar-refractivity contribution in [3.63, 3.8) is 0 Å². The molecule has 2 aromatic carbocycles. The van der Waals surface area contributed by atoms with Gasteiger partial charge in [-0.25, -0.2) is 0 Å². The molecule has 2 aromatic rings. The van der Waals surface area contributed by atoms with E-state index >= 15 is 0 Å². The Bertz CT molecular complexity index is 789. The predicted molar refractivity (Wildman–Crippen MR) is 108 cm³/mol. The van der Waals surface area contributed by atoms with E-state index in [1.165, 1.54) is 0 Å². The minimum absolute atomic E-state index is 0.0328. The number of ether oxygens (including phenoxy) is 2. The summed E-state index contributed by atoms with van der Waals surface area (Å²) in [6, 6.07) is 13.0. The molecule has 1 aliphatic rings. The molecule has 0 atom stereocenters. The van der Waals surface area contributed by atoms with E-state index in [4.69, 9.17) is 21.1 Å². The molecule has 27 heavy (non-hydrogen) atoms. The minimum atomic E-state index is -0.239. The zero-order valence-corrected chi connectivity index (χ0v) is 16.5. The molecule has 0 spiro atoms. The zero-order valence-electron chi connectivity index (χ0n) is 15.7. The number of nitrogens with zero attached hydrogens (tertiary/aromatic N) is 1. The van der Waals surface area contributed by atoms with Crippen molar-refractivity contribution in [2.45, 2.75) is 26.5 Å². The molecule has 0 bridgehead atoms. The monoisotopic (exact) mass is 388 g/mol. The molecule has 1 fully saturated rings. The van der Waals surface area contributed by atoms with Crippen molar-refractivity contribution >= 4 is 23.2 Å². The van der Waals surface area contributed by atoms with E-state index in [0.29, 0.717) is 16.3 Å². The molecule has 1 aliphatic heterocycles. The van der Waals surface area contributed by atoms with Crippen LogP contribution in [0.1, 0.15) is 29.8 Å². The van der Waals surface area contributed by atoms with Crippen molar-refractivity contribution < 1.29 is 14.3 Å². The van der Waals surface area contributed by atoms with Gasteiger partial charge in [0, 0.05) is 30.3 Å². The average molecular weight is 389 g/mol. The number of anilines is 1. The summed E-state index contributed by atoms with van der Waals surface area (Å²) in [5.41, 5.74) is 2.33. The van der Waals surface area contributed by atoms with Crippen molar-refractivity contribution in [1.82, 2.24) is 4.90 Å². The van der Waals surface area contributed by atoms with Gasteiger partial charge in [0.15, 0.2) is 0 Å². The van der Waals surface area contributed by atoms with Crippen LogP contribution in [0.2, 0.25) is 5.02 Å². The van der Waals surface area contributed by atoms with Gasteiger partial charge >= 0.3 is 0 Å². The summed E-state index contributed by atoms with van der Waals surface area (Å²) in [5.74, 6) is 0.285. The van der Waals surface area contributed by atoms with Gasteiger partial charge in [0.1, 0.15) is 5.75 Å². The highest BCUT2D eigenvalue weighted by atomic mass is 35.5. The third-order valence-corrected chi connectivity index (χ3v) is 4.48. The summed E-state index contributed by atoms with van der Waals surface area (Å²) in [5, 5.41) is 3.45. The SMILES string of the molecule is CC(C)Oc1ccc(Cl)cc1C(=O)Nc1cccc(CN2CCOCC2)c1. The summed E-state index contributed by atoms with van der Waals surface area (Å²) >= 11 is 6.08. The second-order valence-electron chi connectivity index (χ2n) is 6.85. The highest BCUT2D eigenvalue weighted by Gasteiger charge is 2.16. The van der Waals surface area contributed by atoms with E-state index in [2.05, 4.69) is 16.3 Å². The zero-order chi connectivity index (χ0) is 19.2. The molecular formula is C21H25ClN2O3. The number of carbonyl (C=O) groups excluding carboxylic acids is 1. The number of hydrogen-bond donors (Lipinski definition) is 1. The molecule has 6 heteroatoms. The van der Waals surface area contributed by atoms with Crippen molar-refractivity contribution in [1.29, 1.82) is 0 Å². The Hall–Kier alpha value is -2.08. The number of morpholine rings is 1. The Balaban J connectivity index is 1.72. The lowest BCUT2D eigenvalue weighted by molar-refractivity contribution is 0.0342. The molecule has 3 rings (SSSR count). The molecule has 1 amide bonds. The maximum Gasteiger partial charge on any atom is 0.259 e. The van der Waals surface area contributed by atoms with Crippen LogP contribution in [0.5, 0.6) is 5.75 Å². The van der Waals surface area contributed by atoms with Gasteiger partial charge in [-0.1, -0.05) is 23.7 Å². The first-order valence-electron chi connectivity index (χ1n) is 9.18. The molecule has 0 radical (unpaired) electrons. The molecule has 1 N–H and O–H groups in total. The predicted octanol–water partition coefficient (Wildman–Crippen LogP) is 4.21. The quantitative estimate of drug-likeness (QED) is 0.805. The summed E-state index contributed by atoms with van der Waals surface area (Å²) in [4.78, 5) is 15.1. The van der Waals surface area contributed by atoms with Crippen LogP contribution in [0, 0.1) is 0 Å². The van der Waals surface area contributed by atoms with E-state index in [9.17, 15) is 4.79 Å². The van der Waals surface area contributed by atoms with E-state index in [0.717, 1.165) is 44.1 Å². The maximum absolute atomic E-state index is 12.8. The van der Waals surface area contributed by atoms with E-state index in [1.54, 1.807) is 18.2 Å². The van der Waals surface area contributed by atoms with Crippen LogP contribution in [-0.2, 0) is 11.3 Å². The van der Waals surface area contributed by atoms with E-state index < -0.39 is 0 Å². The average Bonchev–Trinajstić information content (AvgIpc) is 2.64. The molecule has 1 heterocycles. The molecule has 0 saturated carbocycles. The highest BCUT2D eigenvalue weighted by molar-refractivity contribution is 6.31. The number of carbonyl (C=O) groups is 1.